The van der Waals surface area contributed by atoms with Crippen molar-refractivity contribution in [1.82, 2.24) is 0 Å². The number of anilines is 2. The van der Waals surface area contributed by atoms with Crippen molar-refractivity contribution in [3.05, 3.63) is 48.5 Å². The molecule has 2 N–H and O–H groups in total. The second-order valence-corrected chi connectivity index (χ2v) is 16.0. The van der Waals surface area contributed by atoms with Crippen LogP contribution in [0.25, 0.3) is 0 Å². The SMILES string of the molecule is CC(C)(C)OC(=O)Nc1ccc(S)cc1.COC(=O)CCCCCCBr.COC(=O)CCCCCCSc1ccc(NC(=O)OC(C)(C)C)cc1.O=CO[O-].[H-].[K+].[K+]. The van der Waals surface area contributed by atoms with E-state index in [1.165, 1.54) is 32.0 Å². The molecule has 0 bridgehead atoms. The zero-order valence-electron chi connectivity index (χ0n) is 36.4. The number of halogens is 1. The number of unbranched alkanes of at least 4 members (excludes halogenated alkanes) is 6. The summed E-state index contributed by atoms with van der Waals surface area (Å²) in [5, 5.41) is 14.8. The van der Waals surface area contributed by atoms with Gasteiger partial charge in [-0.1, -0.05) is 41.6 Å². The van der Waals surface area contributed by atoms with Gasteiger partial charge in [0, 0.05) is 39.3 Å². The molecule has 0 heterocycles. The van der Waals surface area contributed by atoms with Crippen LogP contribution in [-0.2, 0) is 38.2 Å². The van der Waals surface area contributed by atoms with Gasteiger partial charge in [0.25, 0.3) is 6.47 Å². The second-order valence-electron chi connectivity index (χ2n) is 13.5. The zero-order chi connectivity index (χ0) is 42.1. The fourth-order valence-corrected chi connectivity index (χ4v) is 5.32. The van der Waals surface area contributed by atoms with Gasteiger partial charge in [-0.15, -0.1) is 24.4 Å². The van der Waals surface area contributed by atoms with E-state index in [-0.39, 0.29) is 123 Å². The molecule has 2 aromatic rings. The molecule has 18 heteroatoms. The average molecular weight is 956 g/mol. The minimum absolute atomic E-state index is 0. The summed E-state index contributed by atoms with van der Waals surface area (Å²) < 4.78 is 19.4. The number of rotatable bonds is 17. The average Bonchev–Trinajstić information content (AvgIpc) is 3.11. The molecule has 0 atom stereocenters. The fraction of sp³-hybridized carbons (Fsp3) is 0.564. The maximum absolute atomic E-state index is 11.7. The molecule has 2 aromatic carbocycles. The minimum atomic E-state index is -0.503. The van der Waals surface area contributed by atoms with Crippen molar-refractivity contribution in [3.8, 4) is 0 Å². The summed E-state index contributed by atoms with van der Waals surface area (Å²) in [6.07, 6.45) is 8.83. The predicted molar refractivity (Wildman–Crippen MR) is 223 cm³/mol. The number of hydrogen-bond donors (Lipinski definition) is 3. The van der Waals surface area contributed by atoms with E-state index in [9.17, 15) is 19.2 Å². The van der Waals surface area contributed by atoms with Crippen LogP contribution in [0.3, 0.4) is 0 Å². The molecule has 0 radical (unpaired) electrons. The van der Waals surface area contributed by atoms with E-state index in [0.29, 0.717) is 18.5 Å². The second kappa shape index (κ2) is 39.9. The molecule has 2 amide bonds. The number of thiol groups is 1. The van der Waals surface area contributed by atoms with Gasteiger partial charge < -0.3 is 30.5 Å². The van der Waals surface area contributed by atoms with E-state index in [1.807, 2.05) is 65.8 Å². The summed E-state index contributed by atoms with van der Waals surface area (Å²) in [5.41, 5.74) is 0.438. The van der Waals surface area contributed by atoms with Crippen LogP contribution in [0.15, 0.2) is 58.3 Å². The van der Waals surface area contributed by atoms with Crippen LogP contribution in [0.4, 0.5) is 21.0 Å². The number of carbonyl (C=O) groups excluding carboxylic acids is 5. The molecular weight excluding hydrogens is 895 g/mol. The largest absolute Gasteiger partial charge is 1.00 e. The van der Waals surface area contributed by atoms with Crippen molar-refractivity contribution in [2.45, 2.75) is 127 Å². The molecular formula is C39H61BrK2N2O11S2. The first kappa shape index (κ1) is 63.4. The Morgan fingerprint density at radius 3 is 1.42 bits per heavy atom. The first-order chi connectivity index (χ1) is 25.9. The number of ether oxygens (including phenoxy) is 4. The normalized spacial score (nSPS) is 9.95. The number of benzene rings is 2. The fourth-order valence-electron chi connectivity index (χ4n) is 3.86. The summed E-state index contributed by atoms with van der Waals surface area (Å²) in [6, 6.07) is 14.9. The molecule has 13 nitrogen and oxygen atoms in total. The van der Waals surface area contributed by atoms with Gasteiger partial charge in [-0.25, -0.2) is 9.59 Å². The zero-order valence-corrected chi connectivity index (χ0v) is 44.9. The Morgan fingerprint density at radius 1 is 0.702 bits per heavy atom. The topological polar surface area (TPSA) is 179 Å². The number of thioether (sulfide) groups is 1. The van der Waals surface area contributed by atoms with Crippen molar-refractivity contribution in [3.63, 3.8) is 0 Å². The standard InChI is InChI=1S/C19H29NO4S.C11H15NO2S.C8H15BrO2.CH2O3.2K.H/c1-19(2,3)24-18(22)20-15-10-12-16(13-11-15)25-14-8-6-5-7-9-17(21)23-4;1-11(2,3)14-10(13)12-8-4-6-9(15)7-5-8;1-11-8(10)6-4-2-3-5-7-9;2-1-4-3;;;/h10-13H,5-9,14H2,1-4H3,(H,20,22);4-7,15H,1-3H3,(H,12,13);2-7H2,1H3;1,3H;;;/q;;;;2*+1;-1/p-1. The van der Waals surface area contributed by atoms with Gasteiger partial charge in [0.15, 0.2) is 0 Å². The Labute approximate surface area is 444 Å². The molecule has 0 aromatic heterocycles. The number of methoxy groups -OCH3 is 2. The molecule has 0 aliphatic rings. The number of nitrogens with one attached hydrogen (secondary N) is 2. The Balaban J connectivity index is -0.000000243. The van der Waals surface area contributed by atoms with Crippen molar-refractivity contribution >= 4 is 82.3 Å². The maximum Gasteiger partial charge on any atom is 1.00 e. The van der Waals surface area contributed by atoms with Crippen LogP contribution in [-0.4, -0.2) is 67.1 Å². The molecule has 0 fully saturated rings. The van der Waals surface area contributed by atoms with Gasteiger partial charge in [-0.2, -0.15) is 0 Å². The summed E-state index contributed by atoms with van der Waals surface area (Å²) >= 11 is 9.29. The van der Waals surface area contributed by atoms with Gasteiger partial charge in [-0.05, 0) is 122 Å². The third-order valence-corrected chi connectivity index (χ3v) is 8.27. The number of hydrogen-bond acceptors (Lipinski definition) is 13. The maximum atomic E-state index is 11.7. The van der Waals surface area contributed by atoms with Crippen LogP contribution in [0.2, 0.25) is 0 Å². The summed E-state index contributed by atoms with van der Waals surface area (Å²) in [4.78, 5) is 57.9. The number of alkyl halides is 1. The van der Waals surface area contributed by atoms with Gasteiger partial charge in [-0.3, -0.25) is 25.0 Å². The minimum Gasteiger partial charge on any atom is -1.00 e. The predicted octanol–water partition coefficient (Wildman–Crippen LogP) is 3.63. The van der Waals surface area contributed by atoms with Crippen LogP contribution in [0.1, 0.15) is 107 Å². The molecule has 314 valence electrons. The van der Waals surface area contributed by atoms with Gasteiger partial charge in [0.1, 0.15) is 11.2 Å². The Bertz CT molecular complexity index is 1360. The van der Waals surface area contributed by atoms with E-state index in [1.54, 1.807) is 36.0 Å². The number of esters is 2. The van der Waals surface area contributed by atoms with E-state index in [4.69, 9.17) is 19.5 Å². The quantitative estimate of drug-likeness (QED) is 0.0201. The van der Waals surface area contributed by atoms with Crippen LogP contribution in [0.5, 0.6) is 0 Å². The molecule has 0 saturated heterocycles. The first-order valence-corrected chi connectivity index (χ1v) is 20.4. The Hall–Kier alpha value is -0.197. The van der Waals surface area contributed by atoms with Crippen molar-refractivity contribution in [2.24, 2.45) is 0 Å². The van der Waals surface area contributed by atoms with Gasteiger partial charge in [0.05, 0.1) is 14.2 Å². The summed E-state index contributed by atoms with van der Waals surface area (Å²) in [5.74, 6) is 0.815. The Morgan fingerprint density at radius 2 is 1.07 bits per heavy atom. The van der Waals surface area contributed by atoms with Gasteiger partial charge >= 0.3 is 127 Å². The molecule has 0 unspecified atom stereocenters. The molecule has 2 rings (SSSR count). The third kappa shape index (κ3) is 45.2. The molecule has 0 saturated carbocycles. The van der Waals surface area contributed by atoms with E-state index < -0.39 is 23.4 Å². The first-order valence-electron chi connectivity index (χ1n) is 17.8. The van der Waals surface area contributed by atoms with E-state index >= 15 is 0 Å². The van der Waals surface area contributed by atoms with Crippen molar-refractivity contribution in [1.29, 1.82) is 0 Å². The molecule has 0 aliphatic heterocycles. The monoisotopic (exact) mass is 954 g/mol. The third-order valence-electron chi connectivity index (χ3n) is 6.32. The summed E-state index contributed by atoms with van der Waals surface area (Å²) in [6.45, 7) is 10.8. The van der Waals surface area contributed by atoms with E-state index in [0.717, 1.165) is 60.2 Å². The smallest absolute Gasteiger partial charge is 1.00 e. The van der Waals surface area contributed by atoms with Crippen molar-refractivity contribution < 1.29 is 157 Å². The number of carbonyl (C=O) groups is 5. The molecule has 0 aliphatic carbocycles. The molecule has 57 heavy (non-hydrogen) atoms. The van der Waals surface area contributed by atoms with Crippen LogP contribution >= 0.6 is 40.3 Å². The van der Waals surface area contributed by atoms with Gasteiger partial charge in [0.2, 0.25) is 0 Å². The Kier molecular flexibility index (Phi) is 44.4. The van der Waals surface area contributed by atoms with Crippen molar-refractivity contribution in [2.75, 3.05) is 35.9 Å². The van der Waals surface area contributed by atoms with Crippen LogP contribution < -0.4 is 119 Å². The molecule has 0 spiro atoms. The van der Waals surface area contributed by atoms with E-state index in [2.05, 4.69) is 53.6 Å². The summed E-state index contributed by atoms with van der Waals surface area (Å²) in [7, 11) is 2.86. The number of amides is 2. The van der Waals surface area contributed by atoms with Crippen LogP contribution in [0, 0.1) is 0 Å².